The molecule has 5 nitrogen and oxygen atoms in total. The Balaban J connectivity index is 1.38. The number of hydrogen-bond donors (Lipinski definition) is 0. The van der Waals surface area contributed by atoms with Crippen LogP contribution in [0.1, 0.15) is 20.9 Å². The number of ether oxygens (including phenoxy) is 1. The smallest absolute Gasteiger partial charge is 0.265 e. The van der Waals surface area contributed by atoms with Gasteiger partial charge in [0.15, 0.2) is 11.6 Å². The molecule has 0 bridgehead atoms. The molecule has 1 aromatic heterocycles. The minimum atomic E-state index is -0.369. The zero-order valence-corrected chi connectivity index (χ0v) is 18.2. The maximum absolute atomic E-state index is 13.9. The molecule has 4 rings (SSSR count). The van der Waals surface area contributed by atoms with Crippen LogP contribution in [0.3, 0.4) is 0 Å². The Labute approximate surface area is 183 Å². The van der Waals surface area contributed by atoms with Gasteiger partial charge in [-0.3, -0.25) is 9.69 Å². The summed E-state index contributed by atoms with van der Waals surface area (Å²) < 4.78 is 32.1. The molecule has 1 amide bonds. The molecule has 1 fully saturated rings. The van der Waals surface area contributed by atoms with Crippen LogP contribution in [0.4, 0.5) is 8.78 Å². The highest BCUT2D eigenvalue weighted by molar-refractivity contribution is 7.17. The van der Waals surface area contributed by atoms with E-state index in [2.05, 4.69) is 9.88 Å². The van der Waals surface area contributed by atoms with Crippen LogP contribution >= 0.6 is 11.3 Å². The van der Waals surface area contributed by atoms with Crippen molar-refractivity contribution >= 4 is 17.2 Å². The van der Waals surface area contributed by atoms with E-state index >= 15 is 0 Å². The number of aromatic nitrogens is 1. The minimum absolute atomic E-state index is 0.0292. The van der Waals surface area contributed by atoms with Gasteiger partial charge in [-0.15, -0.1) is 11.3 Å². The Morgan fingerprint density at radius 1 is 1.10 bits per heavy atom. The van der Waals surface area contributed by atoms with E-state index in [0.717, 1.165) is 11.1 Å². The first-order valence-corrected chi connectivity index (χ1v) is 10.8. The van der Waals surface area contributed by atoms with Gasteiger partial charge in [-0.05, 0) is 48.9 Å². The van der Waals surface area contributed by atoms with Crippen LogP contribution in [0, 0.1) is 18.6 Å². The Bertz CT molecular complexity index is 1080. The first-order valence-electron chi connectivity index (χ1n) is 10.0. The second-order valence-corrected chi connectivity index (χ2v) is 8.48. The van der Waals surface area contributed by atoms with Crippen molar-refractivity contribution in [2.24, 2.45) is 0 Å². The summed E-state index contributed by atoms with van der Waals surface area (Å²) in [7, 11) is 1.45. The molecule has 0 spiro atoms. The van der Waals surface area contributed by atoms with Crippen molar-refractivity contribution in [2.45, 2.75) is 13.5 Å². The summed E-state index contributed by atoms with van der Waals surface area (Å²) in [5, 5.41) is 0.709. The van der Waals surface area contributed by atoms with Gasteiger partial charge in [0.05, 0.1) is 12.8 Å². The SMILES string of the molecule is COc1ccc(CN2CCN(C(=O)c3sc(-c4ccc(F)cc4)nc3C)CC2)cc1F. The van der Waals surface area contributed by atoms with Crippen LogP contribution in [0.5, 0.6) is 5.75 Å². The Morgan fingerprint density at radius 3 is 2.45 bits per heavy atom. The highest BCUT2D eigenvalue weighted by Gasteiger charge is 2.26. The molecule has 0 aliphatic carbocycles. The summed E-state index contributed by atoms with van der Waals surface area (Å²) in [4.78, 5) is 22.2. The number of piperazine rings is 1. The molecule has 3 aromatic rings. The van der Waals surface area contributed by atoms with Gasteiger partial charge < -0.3 is 9.64 Å². The van der Waals surface area contributed by atoms with Crippen molar-refractivity contribution in [3.8, 4) is 16.3 Å². The first kappa shape index (κ1) is 21.4. The maximum atomic E-state index is 13.9. The predicted molar refractivity (Wildman–Crippen MR) is 116 cm³/mol. The molecular weight excluding hydrogens is 420 g/mol. The summed E-state index contributed by atoms with van der Waals surface area (Å²) in [5.41, 5.74) is 2.36. The van der Waals surface area contributed by atoms with Crippen LogP contribution < -0.4 is 4.74 Å². The fourth-order valence-corrected chi connectivity index (χ4v) is 4.67. The number of nitrogens with zero attached hydrogens (tertiary/aromatic N) is 3. The lowest BCUT2D eigenvalue weighted by Crippen LogP contribution is -2.48. The molecule has 0 unspecified atom stereocenters. The van der Waals surface area contributed by atoms with Crippen LogP contribution in [0.2, 0.25) is 0 Å². The molecule has 1 aliphatic rings. The van der Waals surface area contributed by atoms with Gasteiger partial charge in [-0.1, -0.05) is 6.07 Å². The first-order chi connectivity index (χ1) is 14.9. The van der Waals surface area contributed by atoms with E-state index in [0.29, 0.717) is 48.3 Å². The average molecular weight is 444 g/mol. The van der Waals surface area contributed by atoms with E-state index in [1.54, 1.807) is 18.2 Å². The number of rotatable bonds is 5. The number of carbonyl (C=O) groups is 1. The number of carbonyl (C=O) groups excluding carboxylic acids is 1. The fourth-order valence-electron chi connectivity index (χ4n) is 3.63. The van der Waals surface area contributed by atoms with E-state index in [1.807, 2.05) is 17.9 Å². The number of aryl methyl sites for hydroxylation is 1. The Morgan fingerprint density at radius 2 is 1.81 bits per heavy atom. The largest absolute Gasteiger partial charge is 0.494 e. The van der Waals surface area contributed by atoms with Crippen LogP contribution in [0.15, 0.2) is 42.5 Å². The number of amides is 1. The second-order valence-electron chi connectivity index (χ2n) is 7.48. The van der Waals surface area contributed by atoms with Crippen molar-refractivity contribution in [1.29, 1.82) is 0 Å². The van der Waals surface area contributed by atoms with Crippen molar-refractivity contribution in [3.63, 3.8) is 0 Å². The summed E-state index contributed by atoms with van der Waals surface area (Å²) in [6.07, 6.45) is 0. The van der Waals surface area contributed by atoms with Gasteiger partial charge in [0.2, 0.25) is 0 Å². The molecule has 162 valence electrons. The molecule has 2 aromatic carbocycles. The molecule has 1 saturated heterocycles. The Kier molecular flexibility index (Phi) is 6.29. The van der Waals surface area contributed by atoms with Crippen molar-refractivity contribution in [3.05, 3.63) is 70.2 Å². The molecule has 31 heavy (non-hydrogen) atoms. The van der Waals surface area contributed by atoms with Crippen LogP contribution in [-0.2, 0) is 6.54 Å². The van der Waals surface area contributed by atoms with E-state index in [9.17, 15) is 13.6 Å². The van der Waals surface area contributed by atoms with Crippen molar-refractivity contribution < 1.29 is 18.3 Å². The molecular formula is C23H23F2N3O2S. The van der Waals surface area contributed by atoms with E-state index in [1.165, 1.54) is 36.6 Å². The highest BCUT2D eigenvalue weighted by atomic mass is 32.1. The monoisotopic (exact) mass is 443 g/mol. The number of hydrogen-bond acceptors (Lipinski definition) is 5. The molecule has 0 saturated carbocycles. The molecule has 2 heterocycles. The van der Waals surface area contributed by atoms with Gasteiger partial charge >= 0.3 is 0 Å². The van der Waals surface area contributed by atoms with E-state index in [4.69, 9.17) is 4.74 Å². The van der Waals surface area contributed by atoms with Crippen LogP contribution in [0.25, 0.3) is 10.6 Å². The zero-order valence-electron chi connectivity index (χ0n) is 17.4. The summed E-state index contributed by atoms with van der Waals surface area (Å²) in [6.45, 7) is 5.06. The number of thiazole rings is 1. The fraction of sp³-hybridized carbons (Fsp3) is 0.304. The quantitative estimate of drug-likeness (QED) is 0.588. The number of methoxy groups -OCH3 is 1. The third-order valence-electron chi connectivity index (χ3n) is 5.36. The molecule has 0 radical (unpaired) electrons. The molecule has 0 N–H and O–H groups in total. The van der Waals surface area contributed by atoms with Gasteiger partial charge in [0.1, 0.15) is 15.7 Å². The lowest BCUT2D eigenvalue weighted by atomic mass is 10.1. The topological polar surface area (TPSA) is 45.7 Å². The lowest BCUT2D eigenvalue weighted by molar-refractivity contribution is 0.0632. The lowest BCUT2D eigenvalue weighted by Gasteiger charge is -2.34. The van der Waals surface area contributed by atoms with Gasteiger partial charge in [0, 0.05) is 38.3 Å². The van der Waals surface area contributed by atoms with Crippen molar-refractivity contribution in [2.75, 3.05) is 33.3 Å². The molecule has 8 heteroatoms. The highest BCUT2D eigenvalue weighted by Crippen LogP contribution is 2.29. The van der Waals surface area contributed by atoms with E-state index in [-0.39, 0.29) is 23.3 Å². The third-order valence-corrected chi connectivity index (χ3v) is 6.56. The second kappa shape index (κ2) is 9.11. The third kappa shape index (κ3) is 4.75. The Hall–Kier alpha value is -2.84. The average Bonchev–Trinajstić information content (AvgIpc) is 3.16. The normalized spacial score (nSPS) is 14.6. The van der Waals surface area contributed by atoms with Gasteiger partial charge in [-0.2, -0.15) is 0 Å². The van der Waals surface area contributed by atoms with Crippen LogP contribution in [-0.4, -0.2) is 54.0 Å². The van der Waals surface area contributed by atoms with E-state index < -0.39 is 0 Å². The molecule has 1 aliphatic heterocycles. The molecule has 0 atom stereocenters. The summed E-state index contributed by atoms with van der Waals surface area (Å²) in [6, 6.07) is 11.1. The number of benzene rings is 2. The zero-order chi connectivity index (χ0) is 22.0. The number of halogens is 2. The summed E-state index contributed by atoms with van der Waals surface area (Å²) >= 11 is 1.34. The van der Waals surface area contributed by atoms with Gasteiger partial charge in [-0.25, -0.2) is 13.8 Å². The predicted octanol–water partition coefficient (Wildman–Crippen LogP) is 4.36. The maximum Gasteiger partial charge on any atom is 0.265 e. The minimum Gasteiger partial charge on any atom is -0.494 e. The van der Waals surface area contributed by atoms with Crippen molar-refractivity contribution in [1.82, 2.24) is 14.8 Å². The standard InChI is InChI=1S/C23H23F2N3O2S/c1-15-21(31-22(26-15)17-4-6-18(24)7-5-17)23(29)28-11-9-27(10-12-28)14-16-3-8-20(30-2)19(25)13-16/h3-8,13H,9-12,14H2,1-2H3. The summed E-state index contributed by atoms with van der Waals surface area (Å²) in [5.74, 6) is -0.465. The van der Waals surface area contributed by atoms with Gasteiger partial charge in [0.25, 0.3) is 5.91 Å².